The van der Waals surface area contributed by atoms with Crippen LogP contribution in [0.2, 0.25) is 0 Å². The van der Waals surface area contributed by atoms with Crippen molar-refractivity contribution in [1.29, 1.82) is 0 Å². The maximum Gasteiger partial charge on any atom is 0.156 e. The minimum Gasteiger partial charge on any atom is -0.328 e. The molecule has 2 aliphatic heterocycles. The van der Waals surface area contributed by atoms with Gasteiger partial charge in [0.2, 0.25) is 0 Å². The number of hydrogen-bond acceptors (Lipinski definition) is 4. The molecule has 82 valence electrons. The van der Waals surface area contributed by atoms with Crippen LogP contribution in [0.1, 0.15) is 27.2 Å². The van der Waals surface area contributed by atoms with E-state index in [1.54, 1.807) is 0 Å². The minimum atomic E-state index is 0.0113. The molecule has 0 aliphatic carbocycles. The number of rotatable bonds is 0. The van der Waals surface area contributed by atoms with Crippen LogP contribution in [0.3, 0.4) is 0 Å². The Kier molecular flexibility index (Phi) is 2.31. The third kappa shape index (κ3) is 1.90. The Morgan fingerprint density at radius 1 is 1.53 bits per heavy atom. The summed E-state index contributed by atoms with van der Waals surface area (Å²) in [5.41, 5.74) is 4.01. The van der Waals surface area contributed by atoms with Crippen LogP contribution < -0.4 is 5.48 Å². The minimum absolute atomic E-state index is 0.0113. The van der Waals surface area contributed by atoms with Crippen LogP contribution in [-0.4, -0.2) is 22.9 Å². The molecule has 0 saturated carbocycles. The molecule has 1 saturated heterocycles. The zero-order chi connectivity index (χ0) is 11.1. The van der Waals surface area contributed by atoms with Gasteiger partial charge in [-0.2, -0.15) is 0 Å². The van der Waals surface area contributed by atoms with Crippen LogP contribution in [0.15, 0.2) is 29.2 Å². The average molecular weight is 207 g/mol. The summed E-state index contributed by atoms with van der Waals surface area (Å²) in [4.78, 5) is 11.6. The molecule has 0 amide bonds. The predicted molar refractivity (Wildman–Crippen MR) is 60.0 cm³/mol. The lowest BCUT2D eigenvalue weighted by Gasteiger charge is -2.38. The quantitative estimate of drug-likeness (QED) is 0.658. The summed E-state index contributed by atoms with van der Waals surface area (Å²) in [6, 6.07) is 0. The highest BCUT2D eigenvalue weighted by molar-refractivity contribution is 5.99. The van der Waals surface area contributed by atoms with Crippen molar-refractivity contribution in [2.45, 2.75) is 32.7 Å². The van der Waals surface area contributed by atoms with E-state index in [4.69, 9.17) is 4.84 Å². The highest BCUT2D eigenvalue weighted by Gasteiger charge is 2.27. The van der Waals surface area contributed by atoms with E-state index in [1.165, 1.54) is 5.57 Å². The van der Waals surface area contributed by atoms with Crippen LogP contribution in [-0.2, 0) is 4.84 Å². The number of hydroxylamine groups is 1. The van der Waals surface area contributed by atoms with Crippen LogP contribution in [0.4, 0.5) is 0 Å². The second kappa shape index (κ2) is 3.38. The van der Waals surface area contributed by atoms with Gasteiger partial charge in [0, 0.05) is 23.7 Å². The van der Waals surface area contributed by atoms with Gasteiger partial charge in [-0.15, -0.1) is 0 Å². The van der Waals surface area contributed by atoms with Crippen molar-refractivity contribution < 1.29 is 4.84 Å². The summed E-state index contributed by atoms with van der Waals surface area (Å²) in [5.74, 6) is 1.55. The predicted octanol–water partition coefficient (Wildman–Crippen LogP) is 1.78. The Hall–Kier alpha value is -1.29. The second-order valence-electron chi connectivity index (χ2n) is 4.77. The molecule has 2 aliphatic rings. The van der Waals surface area contributed by atoms with E-state index >= 15 is 0 Å². The lowest BCUT2D eigenvalue weighted by Crippen LogP contribution is -2.42. The first-order valence-corrected chi connectivity index (χ1v) is 5.14. The molecule has 0 bridgehead atoms. The molecule has 0 unspecified atom stereocenters. The third-order valence-electron chi connectivity index (χ3n) is 2.47. The first-order valence-electron chi connectivity index (χ1n) is 5.14. The van der Waals surface area contributed by atoms with Crippen molar-refractivity contribution in [3.63, 3.8) is 0 Å². The maximum atomic E-state index is 5.13. The van der Waals surface area contributed by atoms with Crippen LogP contribution in [0.25, 0.3) is 0 Å². The van der Waals surface area contributed by atoms with Gasteiger partial charge in [-0.1, -0.05) is 6.58 Å². The second-order valence-corrected chi connectivity index (χ2v) is 4.77. The Balaban J connectivity index is 2.30. The highest BCUT2D eigenvalue weighted by atomic mass is 16.6. The first kappa shape index (κ1) is 10.2. The number of hydrogen-bond donors (Lipinski definition) is 1. The monoisotopic (exact) mass is 207 g/mol. The van der Waals surface area contributed by atoms with Gasteiger partial charge >= 0.3 is 0 Å². The number of aliphatic imine (C=N–C) groups is 1. The van der Waals surface area contributed by atoms with Gasteiger partial charge in [-0.3, -0.25) is 4.84 Å². The zero-order valence-electron chi connectivity index (χ0n) is 9.50. The fraction of sp³-hybridized carbons (Fsp3) is 0.545. The molecule has 0 radical (unpaired) electrons. The first-order chi connectivity index (χ1) is 6.98. The molecule has 4 nitrogen and oxygen atoms in total. The normalized spacial score (nSPS) is 21.5. The lowest BCUT2D eigenvalue weighted by molar-refractivity contribution is 0.0759. The summed E-state index contributed by atoms with van der Waals surface area (Å²) in [6.07, 6.45) is 3.01. The molecule has 4 heteroatoms. The molecule has 1 fully saturated rings. The van der Waals surface area contributed by atoms with Crippen molar-refractivity contribution in [2.24, 2.45) is 4.99 Å². The summed E-state index contributed by atoms with van der Waals surface area (Å²) < 4.78 is 0. The van der Waals surface area contributed by atoms with Gasteiger partial charge in [0.05, 0.1) is 6.61 Å². The Labute approximate surface area is 90.3 Å². The van der Waals surface area contributed by atoms with Gasteiger partial charge in [-0.05, 0) is 20.8 Å². The lowest BCUT2D eigenvalue weighted by atomic mass is 10.0. The zero-order valence-corrected chi connectivity index (χ0v) is 9.50. The molecule has 0 aromatic carbocycles. The highest BCUT2D eigenvalue weighted by Crippen LogP contribution is 2.26. The van der Waals surface area contributed by atoms with Crippen LogP contribution in [0, 0.1) is 0 Å². The molecular formula is C11H17N3O. The van der Waals surface area contributed by atoms with E-state index in [9.17, 15) is 0 Å². The molecule has 0 atom stereocenters. The maximum absolute atomic E-state index is 5.13. The van der Waals surface area contributed by atoms with Gasteiger partial charge < -0.3 is 4.90 Å². The fourth-order valence-electron chi connectivity index (χ4n) is 1.68. The molecular weight excluding hydrogens is 190 g/mol. The number of nitrogens with zero attached hydrogens (tertiary/aromatic N) is 2. The molecule has 15 heavy (non-hydrogen) atoms. The summed E-state index contributed by atoms with van der Waals surface area (Å²) in [7, 11) is 0. The SMILES string of the molecule is C=C1N=C2NOCCC2=CN1C(C)(C)C. The van der Waals surface area contributed by atoms with E-state index in [1.807, 2.05) is 0 Å². The summed E-state index contributed by atoms with van der Waals surface area (Å²) in [6.45, 7) is 11.1. The molecule has 2 rings (SSSR count). The standard InChI is InChI=1S/C11H17N3O/c1-8-12-10-9(5-6-15-13-10)7-14(8)11(2,3)4/h7H,1,5-6H2,2-4H3,(H,12,13). The van der Waals surface area contributed by atoms with E-state index in [0.29, 0.717) is 6.61 Å². The number of nitrogens with one attached hydrogen (secondary N) is 1. The van der Waals surface area contributed by atoms with E-state index < -0.39 is 0 Å². The third-order valence-corrected chi connectivity index (χ3v) is 2.47. The van der Waals surface area contributed by atoms with E-state index in [2.05, 4.69) is 48.9 Å². The van der Waals surface area contributed by atoms with Crippen molar-refractivity contribution in [3.8, 4) is 0 Å². The smallest absolute Gasteiger partial charge is 0.156 e. The van der Waals surface area contributed by atoms with Crippen molar-refractivity contribution in [1.82, 2.24) is 10.4 Å². The molecule has 1 N–H and O–H groups in total. The van der Waals surface area contributed by atoms with Crippen molar-refractivity contribution in [3.05, 3.63) is 24.2 Å². The van der Waals surface area contributed by atoms with E-state index in [-0.39, 0.29) is 5.54 Å². The van der Waals surface area contributed by atoms with Crippen LogP contribution >= 0.6 is 0 Å². The number of fused-ring (bicyclic) bond motifs is 1. The van der Waals surface area contributed by atoms with Crippen LogP contribution in [0.5, 0.6) is 0 Å². The fourth-order valence-corrected chi connectivity index (χ4v) is 1.68. The van der Waals surface area contributed by atoms with Crippen molar-refractivity contribution in [2.75, 3.05) is 6.61 Å². The van der Waals surface area contributed by atoms with Gasteiger partial charge in [0.1, 0.15) is 5.82 Å². The van der Waals surface area contributed by atoms with Crippen molar-refractivity contribution >= 4 is 5.84 Å². The molecule has 0 spiro atoms. The van der Waals surface area contributed by atoms with Gasteiger partial charge in [0.25, 0.3) is 0 Å². The average Bonchev–Trinajstić information content (AvgIpc) is 2.15. The van der Waals surface area contributed by atoms with Gasteiger partial charge in [0.15, 0.2) is 5.84 Å². The topological polar surface area (TPSA) is 36.9 Å². The Bertz CT molecular complexity index is 349. The number of amidine groups is 1. The summed E-state index contributed by atoms with van der Waals surface area (Å²) >= 11 is 0. The summed E-state index contributed by atoms with van der Waals surface area (Å²) in [5, 5.41) is 0. The van der Waals surface area contributed by atoms with E-state index in [0.717, 1.165) is 18.1 Å². The Morgan fingerprint density at radius 2 is 2.27 bits per heavy atom. The Morgan fingerprint density at radius 3 is 2.93 bits per heavy atom. The molecule has 2 heterocycles. The molecule has 0 aromatic heterocycles. The van der Waals surface area contributed by atoms with Gasteiger partial charge in [-0.25, -0.2) is 10.5 Å². The molecule has 0 aromatic rings. The largest absolute Gasteiger partial charge is 0.328 e.